The van der Waals surface area contributed by atoms with Crippen LogP contribution in [-0.4, -0.2) is 47.8 Å². The molecule has 2 aromatic carbocycles. The number of nitro groups is 1. The lowest BCUT2D eigenvalue weighted by Crippen LogP contribution is -2.47. The number of anilines is 5. The summed E-state index contributed by atoms with van der Waals surface area (Å²) in [6.45, 7) is 8.86. The van der Waals surface area contributed by atoms with E-state index in [1.54, 1.807) is 6.07 Å². The first-order valence-electron chi connectivity index (χ1n) is 13.8. The number of alkyl carbamates (subject to hydrolysis) is 1. The number of hydrogen-bond donors (Lipinski definition) is 3. The molecule has 2 aliphatic rings. The van der Waals surface area contributed by atoms with Gasteiger partial charge in [0.15, 0.2) is 0 Å². The quantitative estimate of drug-likeness (QED) is 0.217. The van der Waals surface area contributed by atoms with Crippen molar-refractivity contribution in [1.29, 1.82) is 0 Å². The largest absolute Gasteiger partial charge is 0.438 e. The number of amides is 1. The third-order valence-electron chi connectivity index (χ3n) is 7.19. The molecule has 0 spiro atoms. The number of carbonyl (C=O) groups excluding carboxylic acids is 1. The van der Waals surface area contributed by atoms with Gasteiger partial charge in [-0.3, -0.25) is 10.1 Å². The molecule has 1 saturated heterocycles. The second-order valence-corrected chi connectivity index (χ2v) is 11.4. The number of aromatic nitrogens is 1. The SMILES string of the molecule is CC(C)(C)NC(=O)OC1(c2ccc(Nc3nc(Nc4ccc(N5CCOCC5)cc4)ccc3[N+](=O)[O-])cc2)CCC1. The van der Waals surface area contributed by atoms with Crippen LogP contribution < -0.4 is 20.9 Å². The molecule has 5 rings (SSSR count). The van der Waals surface area contributed by atoms with Gasteiger partial charge < -0.3 is 30.3 Å². The predicted octanol–water partition coefficient (Wildman–Crippen LogP) is 6.22. The number of pyridine rings is 1. The van der Waals surface area contributed by atoms with Crippen molar-refractivity contribution in [3.63, 3.8) is 0 Å². The Kier molecular flexibility index (Phi) is 7.98. The summed E-state index contributed by atoms with van der Waals surface area (Å²) in [5, 5.41) is 20.9. The molecule has 11 heteroatoms. The Balaban J connectivity index is 1.29. The molecule has 1 amide bonds. The maximum Gasteiger partial charge on any atom is 0.408 e. The smallest absolute Gasteiger partial charge is 0.408 e. The Morgan fingerprint density at radius 1 is 0.976 bits per heavy atom. The van der Waals surface area contributed by atoms with E-state index in [1.165, 1.54) is 6.07 Å². The van der Waals surface area contributed by atoms with E-state index in [0.717, 1.165) is 49.3 Å². The number of benzene rings is 2. The maximum atomic E-state index is 12.5. The summed E-state index contributed by atoms with van der Waals surface area (Å²) in [6.07, 6.45) is 2.00. The van der Waals surface area contributed by atoms with Gasteiger partial charge in [0.05, 0.1) is 18.1 Å². The van der Waals surface area contributed by atoms with Crippen LogP contribution in [-0.2, 0) is 15.1 Å². The minimum atomic E-state index is -0.667. The molecule has 0 atom stereocenters. The van der Waals surface area contributed by atoms with Crippen LogP contribution in [0.4, 0.5) is 39.2 Å². The van der Waals surface area contributed by atoms with Gasteiger partial charge in [-0.05, 0) is 88.1 Å². The van der Waals surface area contributed by atoms with Gasteiger partial charge in [-0.15, -0.1) is 0 Å². The van der Waals surface area contributed by atoms with Crippen LogP contribution in [0, 0.1) is 10.1 Å². The van der Waals surface area contributed by atoms with Crippen LogP contribution in [0.1, 0.15) is 45.6 Å². The first-order chi connectivity index (χ1) is 19.6. The van der Waals surface area contributed by atoms with Crippen molar-refractivity contribution in [2.24, 2.45) is 0 Å². The number of carbonyl (C=O) groups is 1. The van der Waals surface area contributed by atoms with Crippen LogP contribution in [0.25, 0.3) is 0 Å². The molecule has 3 aromatic rings. The first-order valence-corrected chi connectivity index (χ1v) is 13.8. The minimum absolute atomic E-state index is 0.122. The summed E-state index contributed by atoms with van der Waals surface area (Å²) < 4.78 is 11.3. The Bertz CT molecular complexity index is 1380. The van der Waals surface area contributed by atoms with Crippen LogP contribution >= 0.6 is 0 Å². The van der Waals surface area contributed by atoms with E-state index >= 15 is 0 Å². The molecular formula is C30H36N6O5. The Morgan fingerprint density at radius 2 is 1.61 bits per heavy atom. The van der Waals surface area contributed by atoms with E-state index in [1.807, 2.05) is 69.3 Å². The van der Waals surface area contributed by atoms with E-state index in [2.05, 4.69) is 25.8 Å². The molecule has 0 radical (unpaired) electrons. The molecule has 1 aromatic heterocycles. The molecule has 0 bridgehead atoms. The normalized spacial score (nSPS) is 16.3. The van der Waals surface area contributed by atoms with Gasteiger partial charge in [0.2, 0.25) is 5.82 Å². The number of hydrogen-bond acceptors (Lipinski definition) is 9. The van der Waals surface area contributed by atoms with Gasteiger partial charge in [0.1, 0.15) is 11.4 Å². The second kappa shape index (κ2) is 11.6. The lowest BCUT2D eigenvalue weighted by atomic mass is 9.75. The van der Waals surface area contributed by atoms with E-state index in [-0.39, 0.29) is 11.5 Å². The van der Waals surface area contributed by atoms with E-state index in [4.69, 9.17) is 9.47 Å². The fourth-order valence-corrected chi connectivity index (χ4v) is 4.94. The molecule has 1 aliphatic heterocycles. The van der Waals surface area contributed by atoms with Gasteiger partial charge in [0.25, 0.3) is 0 Å². The van der Waals surface area contributed by atoms with Crippen LogP contribution in [0.2, 0.25) is 0 Å². The van der Waals surface area contributed by atoms with E-state index < -0.39 is 22.2 Å². The van der Waals surface area contributed by atoms with Gasteiger partial charge >= 0.3 is 11.8 Å². The first kappa shape index (κ1) is 28.2. The molecule has 0 unspecified atom stereocenters. The summed E-state index contributed by atoms with van der Waals surface area (Å²) in [4.78, 5) is 30.5. The lowest BCUT2D eigenvalue weighted by molar-refractivity contribution is -0.384. The van der Waals surface area contributed by atoms with Crippen molar-refractivity contribution >= 4 is 40.5 Å². The van der Waals surface area contributed by atoms with E-state index in [9.17, 15) is 14.9 Å². The minimum Gasteiger partial charge on any atom is -0.438 e. The van der Waals surface area contributed by atoms with Crippen LogP contribution in [0.3, 0.4) is 0 Å². The molecule has 41 heavy (non-hydrogen) atoms. The van der Waals surface area contributed by atoms with Crippen molar-refractivity contribution in [3.05, 3.63) is 76.3 Å². The fraction of sp³-hybridized carbons (Fsp3) is 0.400. The molecule has 3 N–H and O–H groups in total. The van der Waals surface area contributed by atoms with Crippen molar-refractivity contribution < 1.29 is 19.2 Å². The third kappa shape index (κ3) is 6.86. The van der Waals surface area contributed by atoms with E-state index in [0.29, 0.717) is 24.7 Å². The highest BCUT2D eigenvalue weighted by Gasteiger charge is 2.43. The topological polar surface area (TPSA) is 131 Å². The van der Waals surface area contributed by atoms with Gasteiger partial charge in [0, 0.05) is 41.8 Å². The Morgan fingerprint density at radius 3 is 2.20 bits per heavy atom. The zero-order valence-electron chi connectivity index (χ0n) is 23.6. The summed E-state index contributed by atoms with van der Waals surface area (Å²) in [5.74, 6) is 0.595. The third-order valence-corrected chi connectivity index (χ3v) is 7.19. The number of rotatable bonds is 8. The molecule has 2 heterocycles. The van der Waals surface area contributed by atoms with Gasteiger partial charge in [-0.25, -0.2) is 9.78 Å². The average molecular weight is 561 g/mol. The maximum absolute atomic E-state index is 12.5. The second-order valence-electron chi connectivity index (χ2n) is 11.4. The molecule has 2 fully saturated rings. The lowest BCUT2D eigenvalue weighted by Gasteiger charge is -2.42. The van der Waals surface area contributed by atoms with Crippen LogP contribution in [0.5, 0.6) is 0 Å². The highest BCUT2D eigenvalue weighted by molar-refractivity contribution is 5.71. The van der Waals surface area contributed by atoms with Crippen molar-refractivity contribution in [2.45, 2.75) is 51.2 Å². The molecule has 11 nitrogen and oxygen atoms in total. The molecule has 1 aliphatic carbocycles. The predicted molar refractivity (Wildman–Crippen MR) is 158 cm³/mol. The zero-order valence-corrected chi connectivity index (χ0v) is 23.6. The summed E-state index contributed by atoms with van der Waals surface area (Å²) in [7, 11) is 0. The van der Waals surface area contributed by atoms with Crippen molar-refractivity contribution in [1.82, 2.24) is 10.3 Å². The highest BCUT2D eigenvalue weighted by atomic mass is 16.6. The average Bonchev–Trinajstić information content (AvgIpc) is 2.91. The van der Waals surface area contributed by atoms with Gasteiger partial charge in [-0.1, -0.05) is 12.1 Å². The summed E-state index contributed by atoms with van der Waals surface area (Å²) in [6, 6.07) is 18.4. The monoisotopic (exact) mass is 560 g/mol. The fourth-order valence-electron chi connectivity index (χ4n) is 4.94. The number of ether oxygens (including phenoxy) is 2. The Hall–Kier alpha value is -4.38. The number of morpholine rings is 1. The number of nitrogens with one attached hydrogen (secondary N) is 3. The Labute approximate surface area is 239 Å². The van der Waals surface area contributed by atoms with Crippen molar-refractivity contribution in [3.8, 4) is 0 Å². The molecular weight excluding hydrogens is 524 g/mol. The standard InChI is InChI=1S/C30H36N6O5/c1-29(2,3)34-28(37)41-30(15-4-16-30)21-5-7-23(8-6-21)32-27-25(36(38)39)13-14-26(33-27)31-22-9-11-24(12-10-22)35-17-19-40-20-18-35/h5-14H,4,15-20H2,1-3H3,(H,34,37)(H2,31,32,33). The zero-order chi connectivity index (χ0) is 29.0. The van der Waals surface area contributed by atoms with Crippen molar-refractivity contribution in [2.75, 3.05) is 41.8 Å². The molecule has 216 valence electrons. The summed E-state index contributed by atoms with van der Waals surface area (Å²) >= 11 is 0. The molecule has 1 saturated carbocycles. The number of nitrogens with zero attached hydrogens (tertiary/aromatic N) is 3. The van der Waals surface area contributed by atoms with Crippen LogP contribution in [0.15, 0.2) is 60.7 Å². The highest BCUT2D eigenvalue weighted by Crippen LogP contribution is 2.45. The van der Waals surface area contributed by atoms with Gasteiger partial charge in [-0.2, -0.15) is 0 Å². The summed E-state index contributed by atoms with van der Waals surface area (Å²) in [5.41, 5.74) is 2.25.